The van der Waals surface area contributed by atoms with E-state index in [1.54, 1.807) is 18.3 Å². The number of carbonyl (C=O) groups is 1. The smallest absolute Gasteiger partial charge is 0.270 e. The maximum atomic E-state index is 12.5. The molecular weight excluding hydrogens is 430 g/mol. The molecule has 0 radical (unpaired) electrons. The van der Waals surface area contributed by atoms with Gasteiger partial charge in [0.05, 0.1) is 17.1 Å². The molecule has 1 aliphatic heterocycles. The Kier molecular flexibility index (Phi) is 6.14. The summed E-state index contributed by atoms with van der Waals surface area (Å²) in [5.41, 5.74) is 4.27. The standard InChI is InChI=1S/C26H27N5O3/c1-17-5-7-18(8-6-17)29-26-30-22-14-19(9-10-24(22)31(26)2)34-20-11-12-27-23(15-20)25(32)28-16-21-4-3-13-33-21/h5-12,14-15,21H,3-4,13,16H2,1-2H3,(H,28,32)(H,29,30). The number of imidazole rings is 1. The molecule has 0 saturated carbocycles. The lowest BCUT2D eigenvalue weighted by Crippen LogP contribution is -2.32. The van der Waals surface area contributed by atoms with Crippen molar-refractivity contribution in [3.8, 4) is 11.5 Å². The first-order valence-electron chi connectivity index (χ1n) is 11.4. The quantitative estimate of drug-likeness (QED) is 0.417. The number of ether oxygens (including phenoxy) is 2. The Bertz CT molecular complexity index is 1310. The van der Waals surface area contributed by atoms with Crippen LogP contribution >= 0.6 is 0 Å². The number of hydrogen-bond donors (Lipinski definition) is 2. The molecule has 1 aliphatic rings. The van der Waals surface area contributed by atoms with Crippen LogP contribution in [-0.2, 0) is 11.8 Å². The SMILES string of the molecule is Cc1ccc(Nc2nc3cc(Oc4ccnc(C(=O)NCC5CCCO5)c4)ccc3n2C)cc1. The van der Waals surface area contributed by atoms with Crippen LogP contribution in [0, 0.1) is 6.92 Å². The molecule has 2 aromatic carbocycles. The van der Waals surface area contributed by atoms with Crippen LogP contribution in [0.2, 0.25) is 0 Å². The molecule has 1 saturated heterocycles. The summed E-state index contributed by atoms with van der Waals surface area (Å²) < 4.78 is 13.6. The fourth-order valence-electron chi connectivity index (χ4n) is 3.96. The summed E-state index contributed by atoms with van der Waals surface area (Å²) in [7, 11) is 1.97. The number of anilines is 2. The largest absolute Gasteiger partial charge is 0.457 e. The second-order valence-corrected chi connectivity index (χ2v) is 8.46. The first-order chi connectivity index (χ1) is 16.5. The van der Waals surface area contributed by atoms with Gasteiger partial charge in [-0.15, -0.1) is 0 Å². The number of nitrogens with one attached hydrogen (secondary N) is 2. The Morgan fingerprint density at radius 3 is 2.76 bits per heavy atom. The Morgan fingerprint density at radius 1 is 1.15 bits per heavy atom. The molecular formula is C26H27N5O3. The Hall–Kier alpha value is -3.91. The highest BCUT2D eigenvalue weighted by atomic mass is 16.5. The molecule has 1 atom stereocenters. The van der Waals surface area contributed by atoms with Crippen molar-refractivity contribution in [2.24, 2.45) is 7.05 Å². The third-order valence-corrected chi connectivity index (χ3v) is 5.87. The molecule has 0 bridgehead atoms. The number of pyridine rings is 1. The predicted octanol–water partition coefficient (Wildman–Crippen LogP) is 4.72. The number of benzene rings is 2. The summed E-state index contributed by atoms with van der Waals surface area (Å²) in [6, 6.07) is 17.3. The third-order valence-electron chi connectivity index (χ3n) is 5.87. The average Bonchev–Trinajstić information content (AvgIpc) is 3.47. The van der Waals surface area contributed by atoms with E-state index in [0.717, 1.165) is 42.1 Å². The van der Waals surface area contributed by atoms with E-state index in [4.69, 9.17) is 14.5 Å². The zero-order chi connectivity index (χ0) is 23.5. The molecule has 3 heterocycles. The minimum Gasteiger partial charge on any atom is -0.457 e. The molecule has 2 aromatic heterocycles. The van der Waals surface area contributed by atoms with Gasteiger partial charge in [-0.2, -0.15) is 0 Å². The van der Waals surface area contributed by atoms with Gasteiger partial charge in [0, 0.05) is 44.2 Å². The lowest BCUT2D eigenvalue weighted by atomic mass is 10.2. The van der Waals surface area contributed by atoms with Crippen LogP contribution in [0.15, 0.2) is 60.8 Å². The third kappa shape index (κ3) is 4.87. The molecule has 34 heavy (non-hydrogen) atoms. The number of fused-ring (bicyclic) bond motifs is 1. The van der Waals surface area contributed by atoms with Crippen molar-refractivity contribution in [3.63, 3.8) is 0 Å². The van der Waals surface area contributed by atoms with Crippen LogP contribution in [0.4, 0.5) is 11.6 Å². The maximum Gasteiger partial charge on any atom is 0.270 e. The average molecular weight is 458 g/mol. The van der Waals surface area contributed by atoms with Crippen molar-refractivity contribution in [1.82, 2.24) is 19.9 Å². The Balaban J connectivity index is 1.29. The predicted molar refractivity (Wildman–Crippen MR) is 131 cm³/mol. The van der Waals surface area contributed by atoms with E-state index in [-0.39, 0.29) is 12.0 Å². The summed E-state index contributed by atoms with van der Waals surface area (Å²) in [4.78, 5) is 21.4. The number of nitrogens with zero attached hydrogens (tertiary/aromatic N) is 3. The van der Waals surface area contributed by atoms with Crippen LogP contribution in [0.25, 0.3) is 11.0 Å². The van der Waals surface area contributed by atoms with Crippen LogP contribution in [0.1, 0.15) is 28.9 Å². The normalized spacial score (nSPS) is 15.4. The molecule has 4 aromatic rings. The Morgan fingerprint density at radius 2 is 1.97 bits per heavy atom. The number of rotatable bonds is 7. The van der Waals surface area contributed by atoms with Crippen molar-refractivity contribution >= 4 is 28.6 Å². The molecule has 2 N–H and O–H groups in total. The van der Waals surface area contributed by atoms with E-state index in [9.17, 15) is 4.79 Å². The van der Waals surface area contributed by atoms with E-state index in [1.807, 2.05) is 41.9 Å². The van der Waals surface area contributed by atoms with E-state index in [1.165, 1.54) is 5.56 Å². The molecule has 1 fully saturated rings. The number of aromatic nitrogens is 3. The zero-order valence-electron chi connectivity index (χ0n) is 19.2. The highest BCUT2D eigenvalue weighted by molar-refractivity contribution is 5.92. The van der Waals surface area contributed by atoms with Crippen molar-refractivity contribution in [2.45, 2.75) is 25.9 Å². The highest BCUT2D eigenvalue weighted by Gasteiger charge is 2.17. The van der Waals surface area contributed by atoms with Crippen molar-refractivity contribution in [3.05, 3.63) is 72.1 Å². The molecule has 8 nitrogen and oxygen atoms in total. The molecule has 0 aliphatic carbocycles. The summed E-state index contributed by atoms with van der Waals surface area (Å²) in [5.74, 6) is 1.66. The first-order valence-corrected chi connectivity index (χ1v) is 11.4. The molecule has 5 rings (SSSR count). The van der Waals surface area contributed by atoms with Gasteiger partial charge in [0.25, 0.3) is 5.91 Å². The van der Waals surface area contributed by atoms with Crippen LogP contribution in [0.3, 0.4) is 0 Å². The fraction of sp³-hybridized carbons (Fsp3) is 0.269. The van der Waals surface area contributed by atoms with E-state index in [2.05, 4.69) is 34.7 Å². The molecule has 1 unspecified atom stereocenters. The fourth-order valence-corrected chi connectivity index (χ4v) is 3.96. The van der Waals surface area contributed by atoms with E-state index >= 15 is 0 Å². The number of aryl methyl sites for hydroxylation is 2. The van der Waals surface area contributed by atoms with Crippen molar-refractivity contribution in [1.29, 1.82) is 0 Å². The second kappa shape index (κ2) is 9.52. The molecule has 1 amide bonds. The van der Waals surface area contributed by atoms with E-state index in [0.29, 0.717) is 23.7 Å². The number of hydrogen-bond acceptors (Lipinski definition) is 6. The molecule has 174 valence electrons. The van der Waals surface area contributed by atoms with Gasteiger partial charge in [0.2, 0.25) is 5.95 Å². The highest BCUT2D eigenvalue weighted by Crippen LogP contribution is 2.28. The van der Waals surface area contributed by atoms with Gasteiger partial charge in [-0.1, -0.05) is 17.7 Å². The van der Waals surface area contributed by atoms with Crippen LogP contribution in [0.5, 0.6) is 11.5 Å². The molecule has 0 spiro atoms. The topological polar surface area (TPSA) is 90.3 Å². The van der Waals surface area contributed by atoms with Gasteiger partial charge in [-0.3, -0.25) is 9.78 Å². The lowest BCUT2D eigenvalue weighted by Gasteiger charge is -2.11. The minimum absolute atomic E-state index is 0.0823. The first kappa shape index (κ1) is 21.9. The van der Waals surface area contributed by atoms with Crippen LogP contribution in [-0.4, -0.2) is 39.7 Å². The van der Waals surface area contributed by atoms with E-state index < -0.39 is 0 Å². The maximum absolute atomic E-state index is 12.5. The van der Waals surface area contributed by atoms with Crippen molar-refractivity contribution < 1.29 is 14.3 Å². The minimum atomic E-state index is -0.243. The summed E-state index contributed by atoms with van der Waals surface area (Å²) in [5, 5.41) is 6.25. The zero-order valence-corrected chi connectivity index (χ0v) is 19.2. The van der Waals surface area contributed by atoms with Gasteiger partial charge in [0.15, 0.2) is 0 Å². The monoisotopic (exact) mass is 457 g/mol. The number of amides is 1. The Labute approximate surface area is 197 Å². The van der Waals surface area contributed by atoms with Gasteiger partial charge in [-0.25, -0.2) is 4.98 Å². The van der Waals surface area contributed by atoms with Crippen molar-refractivity contribution in [2.75, 3.05) is 18.5 Å². The van der Waals surface area contributed by atoms with Gasteiger partial charge in [0.1, 0.15) is 17.2 Å². The lowest BCUT2D eigenvalue weighted by molar-refractivity contribution is 0.0853. The summed E-state index contributed by atoms with van der Waals surface area (Å²) in [6.45, 7) is 3.30. The summed E-state index contributed by atoms with van der Waals surface area (Å²) >= 11 is 0. The summed E-state index contributed by atoms with van der Waals surface area (Å²) in [6.07, 6.45) is 3.65. The van der Waals surface area contributed by atoms with Gasteiger partial charge in [-0.05, 0) is 50.1 Å². The number of carbonyl (C=O) groups excluding carboxylic acids is 1. The van der Waals surface area contributed by atoms with Crippen LogP contribution < -0.4 is 15.4 Å². The molecule has 8 heteroatoms. The second-order valence-electron chi connectivity index (χ2n) is 8.46. The van der Waals surface area contributed by atoms with Gasteiger partial charge >= 0.3 is 0 Å². The van der Waals surface area contributed by atoms with Gasteiger partial charge < -0.3 is 24.7 Å².